The maximum Gasteiger partial charge on any atom is 0.573 e. The lowest BCUT2D eigenvalue weighted by Gasteiger charge is -2.32. The van der Waals surface area contributed by atoms with Crippen LogP contribution in [0.2, 0.25) is 18.1 Å². The van der Waals surface area contributed by atoms with Gasteiger partial charge in [0.05, 0.1) is 0 Å². The van der Waals surface area contributed by atoms with Gasteiger partial charge in [-0.1, -0.05) is 69.3 Å². The number of halogens is 6. The summed E-state index contributed by atoms with van der Waals surface area (Å²) in [5, 5.41) is 0. The van der Waals surface area contributed by atoms with Crippen molar-refractivity contribution in [3.63, 3.8) is 0 Å². The Kier molecular flexibility index (Phi) is 9.30. The van der Waals surface area contributed by atoms with Crippen LogP contribution in [0.1, 0.15) is 76.2 Å². The van der Waals surface area contributed by atoms with Gasteiger partial charge in [-0.2, -0.15) is 0 Å². The molecular weight excluding hydrogens is 506 g/mol. The summed E-state index contributed by atoms with van der Waals surface area (Å²) in [5.41, 5.74) is 0.617. The van der Waals surface area contributed by atoms with E-state index in [9.17, 15) is 26.3 Å². The maximum absolute atomic E-state index is 15.0. The summed E-state index contributed by atoms with van der Waals surface area (Å²) in [4.78, 5) is 0. The van der Waals surface area contributed by atoms with E-state index in [1.165, 1.54) is 62.4 Å². The van der Waals surface area contributed by atoms with Crippen molar-refractivity contribution in [2.75, 3.05) is 0 Å². The topological polar surface area (TPSA) is 9.23 Å². The fourth-order valence-electron chi connectivity index (χ4n) is 6.42. The number of benzene rings is 2. The first-order valence-corrected chi connectivity index (χ1v) is 16.1. The minimum absolute atomic E-state index is 0.0643. The van der Waals surface area contributed by atoms with Crippen molar-refractivity contribution in [1.82, 2.24) is 0 Å². The predicted molar refractivity (Wildman–Crippen MR) is 137 cm³/mol. The second-order valence-corrected chi connectivity index (χ2v) is 14.5. The zero-order valence-corrected chi connectivity index (χ0v) is 22.5. The molecule has 37 heavy (non-hydrogen) atoms. The van der Waals surface area contributed by atoms with Crippen molar-refractivity contribution in [3.05, 3.63) is 53.3 Å². The molecular formula is C29H36F6OSi. The van der Waals surface area contributed by atoms with Gasteiger partial charge in [0.1, 0.15) is 5.82 Å². The molecule has 2 aromatic rings. The molecule has 204 valence electrons. The molecule has 1 saturated carbocycles. The van der Waals surface area contributed by atoms with Crippen LogP contribution < -0.4 is 4.74 Å². The second kappa shape index (κ2) is 12.3. The van der Waals surface area contributed by atoms with Crippen molar-refractivity contribution in [3.8, 4) is 16.9 Å². The van der Waals surface area contributed by atoms with Crippen molar-refractivity contribution >= 4 is 8.80 Å². The number of hydrogen-bond acceptors (Lipinski definition) is 1. The smallest absolute Gasteiger partial charge is 0.399 e. The SMILES string of the molecule is CCC[SiH]1CCC(CCC2CCC(c3ccc(-c4cc(F)c(OC(F)(F)F)c(F)c4)c(F)c3)CC2)CC1. The monoisotopic (exact) mass is 542 g/mol. The maximum atomic E-state index is 15.0. The van der Waals surface area contributed by atoms with Gasteiger partial charge in [-0.25, -0.2) is 13.2 Å². The van der Waals surface area contributed by atoms with E-state index in [1.807, 2.05) is 0 Å². The molecule has 8 heteroatoms. The Morgan fingerprint density at radius 2 is 1.41 bits per heavy atom. The Bertz CT molecular complexity index is 1020. The molecule has 0 atom stereocenters. The Morgan fingerprint density at radius 3 is 1.95 bits per heavy atom. The lowest BCUT2D eigenvalue weighted by atomic mass is 9.76. The molecule has 1 heterocycles. The molecule has 0 aromatic heterocycles. The van der Waals surface area contributed by atoms with E-state index in [-0.39, 0.29) is 17.0 Å². The van der Waals surface area contributed by atoms with Crippen LogP contribution in [0.3, 0.4) is 0 Å². The minimum atomic E-state index is -5.23. The molecule has 1 aliphatic carbocycles. The van der Waals surface area contributed by atoms with Crippen molar-refractivity contribution in [1.29, 1.82) is 0 Å². The molecule has 2 fully saturated rings. The summed E-state index contributed by atoms with van der Waals surface area (Å²) < 4.78 is 83.7. The van der Waals surface area contributed by atoms with Crippen LogP contribution in [0.5, 0.6) is 5.75 Å². The molecule has 2 aromatic carbocycles. The number of ether oxygens (including phenoxy) is 1. The summed E-state index contributed by atoms with van der Waals surface area (Å²) >= 11 is 0. The lowest BCUT2D eigenvalue weighted by Crippen LogP contribution is -2.22. The van der Waals surface area contributed by atoms with Gasteiger partial charge >= 0.3 is 6.36 Å². The fourth-order valence-corrected chi connectivity index (χ4v) is 9.99. The molecule has 0 radical (unpaired) electrons. The molecule has 1 nitrogen and oxygen atoms in total. The van der Waals surface area contributed by atoms with Gasteiger partial charge in [0, 0.05) is 14.4 Å². The summed E-state index contributed by atoms with van der Waals surface area (Å²) in [6.07, 6.45) is 5.86. The highest BCUT2D eigenvalue weighted by atomic mass is 28.3. The number of alkyl halides is 3. The van der Waals surface area contributed by atoms with E-state index in [0.717, 1.165) is 43.1 Å². The van der Waals surface area contributed by atoms with Gasteiger partial charge in [0.25, 0.3) is 0 Å². The highest BCUT2D eigenvalue weighted by Crippen LogP contribution is 2.41. The summed E-state index contributed by atoms with van der Waals surface area (Å²) in [5.74, 6) is -3.39. The lowest BCUT2D eigenvalue weighted by molar-refractivity contribution is -0.276. The molecule has 0 N–H and O–H groups in total. The van der Waals surface area contributed by atoms with Crippen LogP contribution in [0, 0.1) is 29.3 Å². The number of hydrogen-bond donors (Lipinski definition) is 0. The van der Waals surface area contributed by atoms with Gasteiger partial charge in [-0.05, 0) is 72.8 Å². The van der Waals surface area contributed by atoms with Crippen molar-refractivity contribution in [2.24, 2.45) is 11.8 Å². The fraction of sp³-hybridized carbons (Fsp3) is 0.586. The Labute approximate surface area is 217 Å². The second-order valence-electron chi connectivity index (χ2n) is 11.0. The Hall–Kier alpha value is -1.96. The standard InChI is InChI=1S/C29H36F6OSi/c1-2-13-37-14-11-20(12-15-37)4-3-19-5-7-21(8-6-19)22-9-10-24(25(30)16-22)23-17-26(31)28(27(32)18-23)36-29(33,34)35/h9-10,16-21,37H,2-8,11-15H2,1H3. The quantitative estimate of drug-likeness (QED) is 0.238. The largest absolute Gasteiger partial charge is 0.573 e. The van der Waals surface area contributed by atoms with Gasteiger partial charge in [-0.3, -0.25) is 0 Å². The average molecular weight is 543 g/mol. The van der Waals surface area contributed by atoms with Crippen LogP contribution in [0.25, 0.3) is 11.1 Å². The van der Waals surface area contributed by atoms with E-state index in [4.69, 9.17) is 0 Å². The Morgan fingerprint density at radius 1 is 0.811 bits per heavy atom. The summed E-state index contributed by atoms with van der Waals surface area (Å²) in [6, 6.07) is 10.5. The van der Waals surface area contributed by atoms with Crippen LogP contribution in [-0.4, -0.2) is 15.2 Å². The van der Waals surface area contributed by atoms with Gasteiger partial charge < -0.3 is 4.74 Å². The van der Waals surface area contributed by atoms with E-state index in [0.29, 0.717) is 12.1 Å². The summed E-state index contributed by atoms with van der Waals surface area (Å²) in [7, 11) is -0.425. The molecule has 1 saturated heterocycles. The molecule has 0 unspecified atom stereocenters. The van der Waals surface area contributed by atoms with E-state index in [1.54, 1.807) is 6.07 Å². The first-order valence-electron chi connectivity index (χ1n) is 13.7. The average Bonchev–Trinajstić information content (AvgIpc) is 2.85. The van der Waals surface area contributed by atoms with Crippen LogP contribution in [0.15, 0.2) is 30.3 Å². The van der Waals surface area contributed by atoms with Crippen molar-refractivity contribution < 1.29 is 31.1 Å². The first kappa shape index (κ1) is 28.1. The Balaban J connectivity index is 1.31. The minimum Gasteiger partial charge on any atom is -0.399 e. The number of rotatable bonds is 8. The van der Waals surface area contributed by atoms with Crippen LogP contribution >= 0.6 is 0 Å². The molecule has 2 aliphatic rings. The normalized spacial score (nSPS) is 24.7. The van der Waals surface area contributed by atoms with Gasteiger partial charge in [0.15, 0.2) is 11.6 Å². The molecule has 1 aliphatic heterocycles. The van der Waals surface area contributed by atoms with Crippen LogP contribution in [0.4, 0.5) is 26.3 Å². The summed E-state index contributed by atoms with van der Waals surface area (Å²) in [6.45, 7) is 2.30. The zero-order valence-electron chi connectivity index (χ0n) is 21.4. The third kappa shape index (κ3) is 7.55. The first-order chi connectivity index (χ1) is 17.6. The molecule has 0 amide bonds. The molecule has 0 bridgehead atoms. The highest BCUT2D eigenvalue weighted by Gasteiger charge is 2.34. The zero-order chi connectivity index (χ0) is 26.6. The third-order valence-corrected chi connectivity index (χ3v) is 12.2. The van der Waals surface area contributed by atoms with Gasteiger partial charge in [0.2, 0.25) is 5.75 Å². The predicted octanol–water partition coefficient (Wildman–Crippen LogP) is 9.77. The molecule has 4 rings (SSSR count). The van der Waals surface area contributed by atoms with Crippen molar-refractivity contribution in [2.45, 2.75) is 95.1 Å². The third-order valence-electron chi connectivity index (χ3n) is 8.48. The van der Waals surface area contributed by atoms with E-state index in [2.05, 4.69) is 11.7 Å². The molecule has 0 spiro atoms. The van der Waals surface area contributed by atoms with E-state index < -0.39 is 38.4 Å². The highest BCUT2D eigenvalue weighted by molar-refractivity contribution is 6.58. The van der Waals surface area contributed by atoms with E-state index >= 15 is 0 Å². The van der Waals surface area contributed by atoms with Crippen LogP contribution in [-0.2, 0) is 0 Å². The van der Waals surface area contributed by atoms with Gasteiger partial charge in [-0.15, -0.1) is 13.2 Å².